The summed E-state index contributed by atoms with van der Waals surface area (Å²) in [7, 11) is 0. The Balaban J connectivity index is 3.54. The van der Waals surface area contributed by atoms with Gasteiger partial charge in [-0.15, -0.1) is 0 Å². The lowest BCUT2D eigenvalue weighted by Gasteiger charge is -2.03. The number of rotatable bonds is 5. The summed E-state index contributed by atoms with van der Waals surface area (Å²) < 4.78 is 4.64. The Bertz CT molecular complexity index is 166. The molecule has 0 saturated heterocycles. The molecule has 0 saturated carbocycles. The van der Waals surface area contributed by atoms with E-state index >= 15 is 0 Å². The summed E-state index contributed by atoms with van der Waals surface area (Å²) in [5.41, 5.74) is 5.29. The highest BCUT2D eigenvalue weighted by Crippen LogP contribution is 1.96. The fraction of sp³-hybridized carbons (Fsp3) is 0.750. The van der Waals surface area contributed by atoms with Crippen LogP contribution < -0.4 is 5.73 Å². The van der Waals surface area contributed by atoms with E-state index in [-0.39, 0.29) is 24.6 Å². The SMILES string of the molecule is CCOC(=O)CCC(=O)[C@H](C)N. The van der Waals surface area contributed by atoms with Crippen molar-refractivity contribution < 1.29 is 14.3 Å². The minimum absolute atomic E-state index is 0.108. The van der Waals surface area contributed by atoms with E-state index in [2.05, 4.69) is 4.74 Å². The van der Waals surface area contributed by atoms with E-state index in [4.69, 9.17) is 5.73 Å². The Morgan fingerprint density at radius 1 is 1.42 bits per heavy atom. The van der Waals surface area contributed by atoms with Gasteiger partial charge in [0.05, 0.1) is 19.1 Å². The van der Waals surface area contributed by atoms with E-state index < -0.39 is 6.04 Å². The second-order valence-electron chi connectivity index (χ2n) is 2.56. The number of ether oxygens (including phenoxy) is 1. The lowest BCUT2D eigenvalue weighted by Crippen LogP contribution is -2.27. The van der Waals surface area contributed by atoms with Crippen molar-refractivity contribution in [2.45, 2.75) is 32.7 Å². The molecule has 0 aromatic carbocycles. The van der Waals surface area contributed by atoms with E-state index in [0.29, 0.717) is 6.61 Å². The molecular formula is C8H15NO3. The highest BCUT2D eigenvalue weighted by molar-refractivity contribution is 5.86. The Labute approximate surface area is 72.1 Å². The first-order valence-corrected chi connectivity index (χ1v) is 4.01. The molecule has 0 rings (SSSR count). The van der Waals surface area contributed by atoms with Crippen molar-refractivity contribution in [3.63, 3.8) is 0 Å². The number of hydrogen-bond acceptors (Lipinski definition) is 4. The second-order valence-corrected chi connectivity index (χ2v) is 2.56. The first-order chi connectivity index (χ1) is 5.57. The summed E-state index contributed by atoms with van der Waals surface area (Å²) in [4.78, 5) is 21.7. The van der Waals surface area contributed by atoms with Crippen molar-refractivity contribution in [3.8, 4) is 0 Å². The Morgan fingerprint density at radius 2 is 2.00 bits per heavy atom. The van der Waals surface area contributed by atoms with Gasteiger partial charge >= 0.3 is 5.97 Å². The zero-order valence-electron chi connectivity index (χ0n) is 7.50. The lowest BCUT2D eigenvalue weighted by molar-refractivity contribution is -0.144. The van der Waals surface area contributed by atoms with Crippen LogP contribution in [0.1, 0.15) is 26.7 Å². The van der Waals surface area contributed by atoms with Crippen molar-refractivity contribution in [3.05, 3.63) is 0 Å². The Morgan fingerprint density at radius 3 is 2.42 bits per heavy atom. The third-order valence-corrected chi connectivity index (χ3v) is 1.39. The number of hydrogen-bond donors (Lipinski definition) is 1. The molecule has 0 spiro atoms. The average molecular weight is 173 g/mol. The quantitative estimate of drug-likeness (QED) is 0.605. The van der Waals surface area contributed by atoms with Crippen LogP contribution in [0.25, 0.3) is 0 Å². The van der Waals surface area contributed by atoms with Crippen LogP contribution >= 0.6 is 0 Å². The zero-order chi connectivity index (χ0) is 9.56. The zero-order valence-corrected chi connectivity index (χ0v) is 7.50. The minimum Gasteiger partial charge on any atom is -0.466 e. The van der Waals surface area contributed by atoms with Gasteiger partial charge in [0.2, 0.25) is 0 Å². The molecule has 0 radical (unpaired) electrons. The van der Waals surface area contributed by atoms with Crippen LogP contribution in [0.3, 0.4) is 0 Å². The number of Topliss-reactive ketones (excluding diaryl/α,β-unsaturated/α-hetero) is 1. The van der Waals surface area contributed by atoms with Gasteiger partial charge in [-0.1, -0.05) is 0 Å². The highest BCUT2D eigenvalue weighted by Gasteiger charge is 2.10. The van der Waals surface area contributed by atoms with Gasteiger partial charge in [0, 0.05) is 6.42 Å². The topological polar surface area (TPSA) is 69.4 Å². The molecule has 2 N–H and O–H groups in total. The molecule has 0 amide bonds. The first-order valence-electron chi connectivity index (χ1n) is 4.01. The van der Waals surface area contributed by atoms with Crippen molar-refractivity contribution >= 4 is 11.8 Å². The number of carbonyl (C=O) groups excluding carboxylic acids is 2. The molecule has 0 fully saturated rings. The van der Waals surface area contributed by atoms with E-state index in [1.165, 1.54) is 0 Å². The maximum Gasteiger partial charge on any atom is 0.306 e. The molecular weight excluding hydrogens is 158 g/mol. The van der Waals surface area contributed by atoms with Gasteiger partial charge < -0.3 is 10.5 Å². The van der Waals surface area contributed by atoms with Crippen LogP contribution in [0.5, 0.6) is 0 Å². The van der Waals surface area contributed by atoms with Gasteiger partial charge in [0.1, 0.15) is 5.78 Å². The van der Waals surface area contributed by atoms with Gasteiger partial charge in [-0.05, 0) is 13.8 Å². The number of carbonyl (C=O) groups is 2. The van der Waals surface area contributed by atoms with Crippen LogP contribution in [0.2, 0.25) is 0 Å². The molecule has 0 aliphatic heterocycles. The molecule has 4 heteroatoms. The minimum atomic E-state index is -0.487. The molecule has 0 aliphatic carbocycles. The molecule has 12 heavy (non-hydrogen) atoms. The van der Waals surface area contributed by atoms with Gasteiger partial charge in [-0.25, -0.2) is 0 Å². The van der Waals surface area contributed by atoms with Crippen molar-refractivity contribution in [2.75, 3.05) is 6.61 Å². The van der Waals surface area contributed by atoms with E-state index in [1.54, 1.807) is 13.8 Å². The average Bonchev–Trinajstić information content (AvgIpc) is 2.00. The van der Waals surface area contributed by atoms with Crippen LogP contribution in [0.4, 0.5) is 0 Å². The Hall–Kier alpha value is -0.900. The van der Waals surface area contributed by atoms with E-state index in [0.717, 1.165) is 0 Å². The summed E-state index contributed by atoms with van der Waals surface area (Å²) in [6.45, 7) is 3.68. The molecule has 0 heterocycles. The first kappa shape index (κ1) is 11.1. The smallest absolute Gasteiger partial charge is 0.306 e. The summed E-state index contributed by atoms with van der Waals surface area (Å²) in [6.07, 6.45) is 0.310. The standard InChI is InChI=1S/C8H15NO3/c1-3-12-8(11)5-4-7(10)6(2)9/h6H,3-5,9H2,1-2H3/t6-/m0/s1. The van der Waals surface area contributed by atoms with Crippen LogP contribution in [0.15, 0.2) is 0 Å². The maximum atomic E-state index is 10.9. The van der Waals surface area contributed by atoms with Gasteiger partial charge in [0.15, 0.2) is 0 Å². The highest BCUT2D eigenvalue weighted by atomic mass is 16.5. The predicted octanol–water partition coefficient (Wildman–Crippen LogP) is 0.246. The van der Waals surface area contributed by atoms with Gasteiger partial charge in [0.25, 0.3) is 0 Å². The van der Waals surface area contributed by atoms with Crippen LogP contribution in [-0.4, -0.2) is 24.4 Å². The summed E-state index contributed by atoms with van der Waals surface area (Å²) in [5.74, 6) is -0.449. The van der Waals surface area contributed by atoms with Gasteiger partial charge in [-0.2, -0.15) is 0 Å². The molecule has 1 atom stereocenters. The molecule has 70 valence electrons. The molecule has 0 aliphatic rings. The lowest BCUT2D eigenvalue weighted by atomic mass is 10.1. The molecule has 0 unspecified atom stereocenters. The van der Waals surface area contributed by atoms with Crippen molar-refractivity contribution in [1.82, 2.24) is 0 Å². The summed E-state index contributed by atoms with van der Waals surface area (Å²) in [6, 6.07) is -0.487. The number of nitrogens with two attached hydrogens (primary N) is 1. The van der Waals surface area contributed by atoms with Gasteiger partial charge in [-0.3, -0.25) is 9.59 Å². The number of ketones is 1. The number of esters is 1. The normalized spacial score (nSPS) is 12.2. The van der Waals surface area contributed by atoms with E-state index in [9.17, 15) is 9.59 Å². The van der Waals surface area contributed by atoms with Crippen LogP contribution in [-0.2, 0) is 14.3 Å². The molecule has 0 aromatic rings. The fourth-order valence-corrected chi connectivity index (χ4v) is 0.686. The summed E-state index contributed by atoms with van der Waals surface area (Å²) in [5, 5.41) is 0. The maximum absolute atomic E-state index is 10.9. The second kappa shape index (κ2) is 5.71. The molecule has 0 bridgehead atoms. The molecule has 0 aromatic heterocycles. The monoisotopic (exact) mass is 173 g/mol. The predicted molar refractivity (Wildman–Crippen MR) is 44.5 cm³/mol. The third kappa shape index (κ3) is 4.85. The van der Waals surface area contributed by atoms with Crippen molar-refractivity contribution in [2.24, 2.45) is 5.73 Å². The Kier molecular flexibility index (Phi) is 5.28. The third-order valence-electron chi connectivity index (χ3n) is 1.39. The van der Waals surface area contributed by atoms with E-state index in [1.807, 2.05) is 0 Å². The largest absolute Gasteiger partial charge is 0.466 e. The summed E-state index contributed by atoms with van der Waals surface area (Å²) >= 11 is 0. The molecule has 4 nitrogen and oxygen atoms in total. The van der Waals surface area contributed by atoms with Crippen LogP contribution in [0, 0.1) is 0 Å². The van der Waals surface area contributed by atoms with Crippen molar-refractivity contribution in [1.29, 1.82) is 0 Å². The fourth-order valence-electron chi connectivity index (χ4n) is 0.686.